The molecule has 4 heterocycles. The lowest BCUT2D eigenvalue weighted by Gasteiger charge is -2.05. The molecule has 0 saturated heterocycles. The van der Waals surface area contributed by atoms with Crippen LogP contribution in [0.4, 0.5) is 0 Å². The van der Waals surface area contributed by atoms with Crippen LogP contribution in [0, 0.1) is 0 Å². The fraction of sp³-hybridized carbons (Fsp3) is 0. The Labute approximate surface area is 115 Å². The van der Waals surface area contributed by atoms with Crippen molar-refractivity contribution in [2.45, 2.75) is 0 Å². The third-order valence-electron chi connectivity index (χ3n) is 3.06. The van der Waals surface area contributed by atoms with Gasteiger partial charge in [-0.05, 0) is 6.07 Å². The normalized spacial score (nSPS) is 11.2. The highest BCUT2D eigenvalue weighted by Crippen LogP contribution is 2.09. The van der Waals surface area contributed by atoms with Crippen LogP contribution in [0.3, 0.4) is 0 Å². The van der Waals surface area contributed by atoms with Crippen LogP contribution in [0.1, 0.15) is 0 Å². The Hall–Kier alpha value is -3.36. The van der Waals surface area contributed by atoms with E-state index in [-0.39, 0.29) is 17.1 Å². The first-order valence-electron chi connectivity index (χ1n) is 6.00. The van der Waals surface area contributed by atoms with Crippen molar-refractivity contribution in [2.75, 3.05) is 0 Å². The molecule has 0 saturated carbocycles. The summed E-state index contributed by atoms with van der Waals surface area (Å²) in [7, 11) is 0. The zero-order chi connectivity index (χ0) is 14.4. The molecule has 4 aromatic rings. The number of nitrogens with one attached hydrogen (secondary N) is 1. The molecule has 0 bridgehead atoms. The number of H-pyrrole nitrogens is 1. The molecule has 0 aromatic carbocycles. The minimum Gasteiger partial charge on any atom is -0.292 e. The van der Waals surface area contributed by atoms with Gasteiger partial charge < -0.3 is 0 Å². The zero-order valence-corrected chi connectivity index (χ0v) is 10.5. The van der Waals surface area contributed by atoms with E-state index < -0.39 is 0 Å². The molecule has 0 amide bonds. The highest BCUT2D eigenvalue weighted by Gasteiger charge is 2.10. The summed E-state index contributed by atoms with van der Waals surface area (Å²) in [5.74, 6) is 0.555. The van der Waals surface area contributed by atoms with Gasteiger partial charge in [-0.25, -0.2) is 9.97 Å². The third kappa shape index (κ3) is 1.64. The predicted molar refractivity (Wildman–Crippen MR) is 72.3 cm³/mol. The Morgan fingerprint density at radius 3 is 2.86 bits per heavy atom. The van der Waals surface area contributed by atoms with Gasteiger partial charge in [-0.3, -0.25) is 19.1 Å². The average molecular weight is 281 g/mol. The van der Waals surface area contributed by atoms with Crippen molar-refractivity contribution >= 4 is 16.7 Å². The highest BCUT2D eigenvalue weighted by atomic mass is 16.1. The standard InChI is InChI=1S/C12H7N7O2/c20-9-1-3-13-12(17-9)18-4-2-8-7(10(18)21)5-14-11-15-6-16-19(8)11/h1-6H,(H,13,17,20). The molecule has 0 radical (unpaired) electrons. The van der Waals surface area contributed by atoms with E-state index in [0.717, 1.165) is 0 Å². The minimum absolute atomic E-state index is 0.146. The number of hydrogen-bond donors (Lipinski definition) is 1. The first-order chi connectivity index (χ1) is 10.2. The molecule has 0 spiro atoms. The van der Waals surface area contributed by atoms with Crippen LogP contribution in [0.15, 0.2) is 46.6 Å². The Morgan fingerprint density at radius 1 is 1.10 bits per heavy atom. The van der Waals surface area contributed by atoms with Gasteiger partial charge >= 0.3 is 0 Å². The average Bonchev–Trinajstić information content (AvgIpc) is 2.96. The van der Waals surface area contributed by atoms with Gasteiger partial charge in [-0.2, -0.15) is 14.6 Å². The Bertz CT molecular complexity index is 1090. The maximum absolute atomic E-state index is 12.5. The molecule has 4 aromatic heterocycles. The molecular formula is C12H7N7O2. The van der Waals surface area contributed by atoms with Gasteiger partial charge in [-0.15, -0.1) is 0 Å². The van der Waals surface area contributed by atoms with Crippen molar-refractivity contribution < 1.29 is 0 Å². The van der Waals surface area contributed by atoms with Crippen molar-refractivity contribution in [3.8, 4) is 5.95 Å². The molecule has 0 aliphatic heterocycles. The predicted octanol–water partition coefficient (Wildman–Crippen LogP) is -0.488. The van der Waals surface area contributed by atoms with Gasteiger partial charge in [0, 0.05) is 24.7 Å². The van der Waals surface area contributed by atoms with E-state index in [1.165, 1.54) is 40.1 Å². The lowest BCUT2D eigenvalue weighted by molar-refractivity contribution is 0.878. The molecule has 4 rings (SSSR count). The lowest BCUT2D eigenvalue weighted by atomic mass is 10.3. The molecule has 0 fully saturated rings. The molecule has 0 unspecified atom stereocenters. The number of pyridine rings is 1. The van der Waals surface area contributed by atoms with Gasteiger partial charge in [0.05, 0.1) is 10.9 Å². The molecule has 1 N–H and O–H groups in total. The Balaban J connectivity index is 2.09. The first kappa shape index (κ1) is 11.5. The summed E-state index contributed by atoms with van der Waals surface area (Å²) < 4.78 is 2.72. The summed E-state index contributed by atoms with van der Waals surface area (Å²) >= 11 is 0. The van der Waals surface area contributed by atoms with E-state index >= 15 is 0 Å². The summed E-state index contributed by atoms with van der Waals surface area (Å²) in [5.41, 5.74) is -0.111. The van der Waals surface area contributed by atoms with E-state index in [1.54, 1.807) is 6.07 Å². The number of fused-ring (bicyclic) bond motifs is 3. The van der Waals surface area contributed by atoms with Crippen LogP contribution in [-0.4, -0.2) is 34.1 Å². The Morgan fingerprint density at radius 2 is 2.00 bits per heavy atom. The van der Waals surface area contributed by atoms with Gasteiger partial charge in [0.15, 0.2) is 0 Å². The van der Waals surface area contributed by atoms with Crippen molar-refractivity contribution in [1.82, 2.24) is 34.1 Å². The minimum atomic E-state index is -0.355. The van der Waals surface area contributed by atoms with Crippen LogP contribution >= 0.6 is 0 Å². The number of hydrogen-bond acceptors (Lipinski definition) is 6. The largest absolute Gasteiger partial charge is 0.292 e. The zero-order valence-electron chi connectivity index (χ0n) is 10.5. The SMILES string of the molecule is O=c1ccnc(-n2ccc3c(cnc4ncnn43)c2=O)[nH]1. The number of aromatic nitrogens is 7. The Kier molecular flexibility index (Phi) is 2.22. The fourth-order valence-corrected chi connectivity index (χ4v) is 2.11. The van der Waals surface area contributed by atoms with E-state index in [1.807, 2.05) is 0 Å². The summed E-state index contributed by atoms with van der Waals surface area (Å²) in [6.07, 6.45) is 5.65. The second kappa shape index (κ2) is 4.07. The van der Waals surface area contributed by atoms with Crippen LogP contribution in [-0.2, 0) is 0 Å². The molecule has 9 heteroatoms. The molecule has 102 valence electrons. The maximum atomic E-state index is 12.5. The highest BCUT2D eigenvalue weighted by molar-refractivity contribution is 5.78. The summed E-state index contributed by atoms with van der Waals surface area (Å²) in [6.45, 7) is 0. The lowest BCUT2D eigenvalue weighted by Crippen LogP contribution is -2.23. The second-order valence-electron chi connectivity index (χ2n) is 4.28. The second-order valence-corrected chi connectivity index (χ2v) is 4.28. The van der Waals surface area contributed by atoms with Gasteiger partial charge in [0.2, 0.25) is 5.95 Å². The molecule has 0 aliphatic rings. The number of aromatic amines is 1. The van der Waals surface area contributed by atoms with Crippen LogP contribution < -0.4 is 11.1 Å². The fourth-order valence-electron chi connectivity index (χ4n) is 2.11. The third-order valence-corrected chi connectivity index (χ3v) is 3.06. The van der Waals surface area contributed by atoms with Gasteiger partial charge in [-0.1, -0.05) is 0 Å². The first-order valence-corrected chi connectivity index (χ1v) is 6.00. The van der Waals surface area contributed by atoms with Crippen LogP contribution in [0.25, 0.3) is 22.6 Å². The molecular weight excluding hydrogens is 274 g/mol. The summed E-state index contributed by atoms with van der Waals surface area (Å²) in [4.78, 5) is 38.4. The van der Waals surface area contributed by atoms with Crippen molar-refractivity contribution in [2.24, 2.45) is 0 Å². The van der Waals surface area contributed by atoms with Crippen molar-refractivity contribution in [1.29, 1.82) is 0 Å². The van der Waals surface area contributed by atoms with Crippen LogP contribution in [0.2, 0.25) is 0 Å². The van der Waals surface area contributed by atoms with E-state index in [4.69, 9.17) is 0 Å². The number of rotatable bonds is 1. The summed E-state index contributed by atoms with van der Waals surface area (Å²) in [5, 5.41) is 4.38. The smallest absolute Gasteiger partial charge is 0.268 e. The molecule has 9 nitrogen and oxygen atoms in total. The van der Waals surface area contributed by atoms with Crippen molar-refractivity contribution in [3.05, 3.63) is 57.8 Å². The number of nitrogens with zero attached hydrogens (tertiary/aromatic N) is 6. The van der Waals surface area contributed by atoms with Crippen LogP contribution in [0.5, 0.6) is 0 Å². The monoisotopic (exact) mass is 281 g/mol. The molecule has 21 heavy (non-hydrogen) atoms. The van der Waals surface area contributed by atoms with Crippen molar-refractivity contribution in [3.63, 3.8) is 0 Å². The van der Waals surface area contributed by atoms with E-state index in [0.29, 0.717) is 16.7 Å². The molecule has 0 aliphatic carbocycles. The van der Waals surface area contributed by atoms with Gasteiger partial charge in [0.1, 0.15) is 6.33 Å². The molecule has 0 atom stereocenters. The summed E-state index contributed by atoms with van der Waals surface area (Å²) in [6, 6.07) is 2.96. The van der Waals surface area contributed by atoms with E-state index in [2.05, 4.69) is 25.0 Å². The van der Waals surface area contributed by atoms with Gasteiger partial charge in [0.25, 0.3) is 16.9 Å². The van der Waals surface area contributed by atoms with E-state index in [9.17, 15) is 9.59 Å². The topological polar surface area (TPSA) is 111 Å². The maximum Gasteiger partial charge on any atom is 0.268 e. The quantitative estimate of drug-likeness (QED) is 0.504.